The summed E-state index contributed by atoms with van der Waals surface area (Å²) in [6.07, 6.45) is -1.02. The zero-order valence-electron chi connectivity index (χ0n) is 18.5. The first-order valence-corrected chi connectivity index (χ1v) is 10.5. The minimum atomic E-state index is -1.02. The van der Waals surface area contributed by atoms with Gasteiger partial charge in [-0.25, -0.2) is 4.79 Å². The predicted molar refractivity (Wildman–Crippen MR) is 118 cm³/mol. The first-order valence-electron chi connectivity index (χ1n) is 10.5. The Morgan fingerprint density at radius 2 is 1.88 bits per heavy atom. The number of rotatable bonds is 7. The van der Waals surface area contributed by atoms with Gasteiger partial charge in [0.1, 0.15) is 31.3 Å². The van der Waals surface area contributed by atoms with Gasteiger partial charge in [-0.15, -0.1) is 0 Å². The van der Waals surface area contributed by atoms with E-state index in [1.165, 1.54) is 6.92 Å². The number of fused-ring (bicyclic) bond motifs is 1. The van der Waals surface area contributed by atoms with Gasteiger partial charge in [-0.3, -0.25) is 4.79 Å². The number of esters is 1. The predicted octanol–water partition coefficient (Wildman–Crippen LogP) is 3.83. The highest BCUT2D eigenvalue weighted by Gasteiger charge is 2.21. The van der Waals surface area contributed by atoms with Crippen LogP contribution in [0.15, 0.2) is 47.0 Å². The molecule has 4 rings (SSSR count). The van der Waals surface area contributed by atoms with Crippen LogP contribution in [0.2, 0.25) is 0 Å². The van der Waals surface area contributed by atoms with Gasteiger partial charge in [-0.1, -0.05) is 11.2 Å². The smallest absolute Gasteiger partial charge is 0.339 e. The van der Waals surface area contributed by atoms with E-state index in [0.717, 1.165) is 11.3 Å². The van der Waals surface area contributed by atoms with Gasteiger partial charge in [0.15, 0.2) is 17.6 Å². The van der Waals surface area contributed by atoms with Gasteiger partial charge in [-0.05, 0) is 51.1 Å². The van der Waals surface area contributed by atoms with E-state index in [-0.39, 0.29) is 12.2 Å². The van der Waals surface area contributed by atoms with Crippen LogP contribution in [0.25, 0.3) is 0 Å². The summed E-state index contributed by atoms with van der Waals surface area (Å²) in [6.45, 7) is 6.33. The summed E-state index contributed by atoms with van der Waals surface area (Å²) in [7, 11) is 0. The highest BCUT2D eigenvalue weighted by molar-refractivity contribution is 5.97. The standard InChI is InChI=1S/C24H24N2O7/c1-14-20(15(2)33-26-14)13-31-19-6-4-5-17(11-19)24(28)32-16(3)23(27)25-18-7-8-21-22(12-18)30-10-9-29-21/h4-8,11-12,16H,9-10,13H2,1-3H3,(H,25,27). The molecular weight excluding hydrogens is 428 g/mol. The molecule has 1 aliphatic rings. The van der Waals surface area contributed by atoms with Crippen LogP contribution >= 0.6 is 0 Å². The second kappa shape index (κ2) is 9.64. The minimum Gasteiger partial charge on any atom is -0.489 e. The molecule has 3 aromatic rings. The second-order valence-electron chi connectivity index (χ2n) is 7.51. The van der Waals surface area contributed by atoms with Gasteiger partial charge in [0.05, 0.1) is 16.8 Å². The van der Waals surface area contributed by atoms with Crippen LogP contribution in [0.1, 0.15) is 34.3 Å². The van der Waals surface area contributed by atoms with E-state index >= 15 is 0 Å². The van der Waals surface area contributed by atoms with Crippen molar-refractivity contribution in [1.82, 2.24) is 5.16 Å². The number of nitrogens with one attached hydrogen (secondary N) is 1. The van der Waals surface area contributed by atoms with Crippen LogP contribution in [0.5, 0.6) is 17.2 Å². The Kier molecular flexibility index (Phi) is 6.48. The maximum absolute atomic E-state index is 12.6. The molecule has 2 aromatic carbocycles. The summed E-state index contributed by atoms with van der Waals surface area (Å²) >= 11 is 0. The van der Waals surface area contributed by atoms with E-state index < -0.39 is 18.0 Å². The number of anilines is 1. The van der Waals surface area contributed by atoms with Gasteiger partial charge >= 0.3 is 5.97 Å². The zero-order chi connectivity index (χ0) is 23.4. The normalized spacial score (nSPS) is 13.2. The van der Waals surface area contributed by atoms with Crippen LogP contribution in [-0.4, -0.2) is 36.4 Å². The fourth-order valence-electron chi connectivity index (χ4n) is 3.22. The number of hydrogen-bond donors (Lipinski definition) is 1. The summed E-state index contributed by atoms with van der Waals surface area (Å²) in [5.74, 6) is 1.24. The number of amides is 1. The summed E-state index contributed by atoms with van der Waals surface area (Å²) in [6, 6.07) is 11.6. The van der Waals surface area contributed by atoms with Crippen molar-refractivity contribution in [2.75, 3.05) is 18.5 Å². The average Bonchev–Trinajstić information content (AvgIpc) is 3.14. The van der Waals surface area contributed by atoms with Gasteiger partial charge in [0, 0.05) is 11.8 Å². The van der Waals surface area contributed by atoms with Crippen molar-refractivity contribution in [2.45, 2.75) is 33.5 Å². The van der Waals surface area contributed by atoms with E-state index in [1.54, 1.807) is 42.5 Å². The van der Waals surface area contributed by atoms with Crippen molar-refractivity contribution < 1.29 is 33.1 Å². The lowest BCUT2D eigenvalue weighted by atomic mass is 10.2. The van der Waals surface area contributed by atoms with E-state index in [0.29, 0.717) is 41.9 Å². The molecule has 1 amide bonds. The SMILES string of the molecule is Cc1noc(C)c1COc1cccc(C(=O)OC(C)C(=O)Nc2ccc3c(c2)OCCO3)c1. The molecule has 1 N–H and O–H groups in total. The summed E-state index contributed by atoms with van der Waals surface area (Å²) in [4.78, 5) is 25.1. The molecule has 9 heteroatoms. The number of aromatic nitrogens is 1. The Hall–Kier alpha value is -4.01. The second-order valence-corrected chi connectivity index (χ2v) is 7.51. The van der Waals surface area contributed by atoms with Crippen molar-refractivity contribution >= 4 is 17.6 Å². The maximum Gasteiger partial charge on any atom is 0.339 e. The molecule has 0 saturated heterocycles. The number of aryl methyl sites for hydroxylation is 2. The number of ether oxygens (including phenoxy) is 4. The molecule has 9 nitrogen and oxygen atoms in total. The number of benzene rings is 2. The van der Waals surface area contributed by atoms with Crippen molar-refractivity contribution in [3.8, 4) is 17.2 Å². The van der Waals surface area contributed by atoms with Crippen molar-refractivity contribution in [1.29, 1.82) is 0 Å². The van der Waals surface area contributed by atoms with Crippen LogP contribution in [0, 0.1) is 13.8 Å². The Bertz CT molecular complexity index is 1150. The Morgan fingerprint density at radius 3 is 2.64 bits per heavy atom. The fourth-order valence-corrected chi connectivity index (χ4v) is 3.22. The number of carbonyl (C=O) groups excluding carboxylic acids is 2. The Balaban J connectivity index is 1.34. The fraction of sp³-hybridized carbons (Fsp3) is 0.292. The molecule has 0 radical (unpaired) electrons. The van der Waals surface area contributed by atoms with E-state index in [2.05, 4.69) is 10.5 Å². The van der Waals surface area contributed by atoms with Crippen molar-refractivity contribution in [2.24, 2.45) is 0 Å². The monoisotopic (exact) mass is 452 g/mol. The molecule has 0 bridgehead atoms. The van der Waals surface area contributed by atoms with E-state index in [4.69, 9.17) is 23.5 Å². The molecule has 1 aromatic heterocycles. The summed E-state index contributed by atoms with van der Waals surface area (Å²) in [5.41, 5.74) is 2.39. The molecule has 0 saturated carbocycles. The van der Waals surface area contributed by atoms with Crippen molar-refractivity contribution in [3.63, 3.8) is 0 Å². The minimum absolute atomic E-state index is 0.258. The highest BCUT2D eigenvalue weighted by atomic mass is 16.6. The van der Waals surface area contributed by atoms with Gasteiger partial charge < -0.3 is 28.8 Å². The third-order valence-electron chi connectivity index (χ3n) is 5.10. The quantitative estimate of drug-likeness (QED) is 0.539. The lowest BCUT2D eigenvalue weighted by molar-refractivity contribution is -0.123. The molecule has 33 heavy (non-hydrogen) atoms. The summed E-state index contributed by atoms with van der Waals surface area (Å²) in [5, 5.41) is 6.61. The highest BCUT2D eigenvalue weighted by Crippen LogP contribution is 2.32. The molecule has 1 unspecified atom stereocenters. The number of hydrogen-bond acceptors (Lipinski definition) is 8. The van der Waals surface area contributed by atoms with Crippen LogP contribution < -0.4 is 19.5 Å². The molecule has 1 aliphatic heterocycles. The molecule has 0 fully saturated rings. The average molecular weight is 452 g/mol. The molecule has 172 valence electrons. The van der Waals surface area contributed by atoms with Gasteiger partial charge in [-0.2, -0.15) is 0 Å². The molecule has 2 heterocycles. The van der Waals surface area contributed by atoms with E-state index in [9.17, 15) is 9.59 Å². The van der Waals surface area contributed by atoms with Gasteiger partial charge in [0.25, 0.3) is 5.91 Å². The Morgan fingerprint density at radius 1 is 1.09 bits per heavy atom. The first kappa shape index (κ1) is 22.2. The summed E-state index contributed by atoms with van der Waals surface area (Å²) < 4.78 is 27.2. The van der Waals surface area contributed by atoms with E-state index in [1.807, 2.05) is 13.8 Å². The van der Waals surface area contributed by atoms with Crippen LogP contribution in [0.4, 0.5) is 5.69 Å². The lowest BCUT2D eigenvalue weighted by Gasteiger charge is -2.19. The molecule has 0 aliphatic carbocycles. The third-order valence-corrected chi connectivity index (χ3v) is 5.10. The maximum atomic E-state index is 12.6. The Labute approximate surface area is 190 Å². The number of nitrogens with zero attached hydrogens (tertiary/aromatic N) is 1. The van der Waals surface area contributed by atoms with Gasteiger partial charge in [0.2, 0.25) is 0 Å². The first-order chi connectivity index (χ1) is 15.9. The van der Waals surface area contributed by atoms with Crippen molar-refractivity contribution in [3.05, 3.63) is 65.0 Å². The lowest BCUT2D eigenvalue weighted by Crippen LogP contribution is -2.30. The number of carbonyl (C=O) groups is 2. The van der Waals surface area contributed by atoms with Crippen LogP contribution in [-0.2, 0) is 16.1 Å². The molecule has 0 spiro atoms. The van der Waals surface area contributed by atoms with Crippen LogP contribution in [0.3, 0.4) is 0 Å². The molecule has 1 atom stereocenters. The molecular formula is C24H24N2O7. The third kappa shape index (κ3) is 5.25. The largest absolute Gasteiger partial charge is 0.489 e. The zero-order valence-corrected chi connectivity index (χ0v) is 18.5. The topological polar surface area (TPSA) is 109 Å².